The Morgan fingerprint density at radius 3 is 2.67 bits per heavy atom. The zero-order valence-corrected chi connectivity index (χ0v) is 5.63. The summed E-state index contributed by atoms with van der Waals surface area (Å²) in [6.45, 7) is 2.12. The number of carbonyl (C=O) groups is 1. The van der Waals surface area contributed by atoms with E-state index < -0.39 is 5.97 Å². The normalized spacial score (nSPS) is 32.1. The molecule has 0 aromatic heterocycles. The highest BCUT2D eigenvalue weighted by molar-refractivity contribution is 5.67. The van der Waals surface area contributed by atoms with Gasteiger partial charge in [-0.25, -0.2) is 0 Å². The van der Waals surface area contributed by atoms with E-state index in [1.165, 1.54) is 0 Å². The van der Waals surface area contributed by atoms with Crippen molar-refractivity contribution in [2.24, 2.45) is 11.8 Å². The first-order chi connectivity index (χ1) is 4.24. The SMILES string of the molecule is CCC1C[C@H]1CC(=O)O. The average Bonchev–Trinajstić information content (AvgIpc) is 2.45. The fraction of sp³-hybridized carbons (Fsp3) is 0.857. The second-order valence-electron chi connectivity index (χ2n) is 2.76. The van der Waals surface area contributed by atoms with Gasteiger partial charge in [-0.15, -0.1) is 0 Å². The molecule has 0 amide bonds. The molecule has 0 saturated heterocycles. The first-order valence-corrected chi connectivity index (χ1v) is 3.45. The van der Waals surface area contributed by atoms with E-state index in [0.29, 0.717) is 12.3 Å². The number of rotatable bonds is 3. The van der Waals surface area contributed by atoms with Crippen molar-refractivity contribution in [3.8, 4) is 0 Å². The molecule has 1 unspecified atom stereocenters. The number of carboxylic acids is 1. The highest BCUT2D eigenvalue weighted by atomic mass is 16.4. The summed E-state index contributed by atoms with van der Waals surface area (Å²) in [7, 11) is 0. The van der Waals surface area contributed by atoms with Crippen LogP contribution in [0.1, 0.15) is 26.2 Å². The fourth-order valence-electron chi connectivity index (χ4n) is 1.28. The molecule has 1 aliphatic rings. The third kappa shape index (κ3) is 1.70. The zero-order chi connectivity index (χ0) is 6.85. The number of hydrogen-bond donors (Lipinski definition) is 1. The molecule has 1 rings (SSSR count). The minimum Gasteiger partial charge on any atom is -0.481 e. The molecule has 0 aromatic rings. The highest BCUT2D eigenvalue weighted by Crippen LogP contribution is 2.43. The molecular weight excluding hydrogens is 116 g/mol. The monoisotopic (exact) mass is 128 g/mol. The summed E-state index contributed by atoms with van der Waals surface area (Å²) in [4.78, 5) is 10.1. The van der Waals surface area contributed by atoms with Gasteiger partial charge in [0.1, 0.15) is 0 Å². The molecule has 0 aromatic carbocycles. The van der Waals surface area contributed by atoms with Gasteiger partial charge in [0.25, 0.3) is 0 Å². The van der Waals surface area contributed by atoms with Crippen LogP contribution in [0.25, 0.3) is 0 Å². The van der Waals surface area contributed by atoms with E-state index in [-0.39, 0.29) is 0 Å². The number of carboxylic acid groups (broad SMARTS) is 1. The molecule has 9 heavy (non-hydrogen) atoms. The lowest BCUT2D eigenvalue weighted by Gasteiger charge is -1.89. The van der Waals surface area contributed by atoms with E-state index in [9.17, 15) is 4.79 Å². The maximum absolute atomic E-state index is 10.1. The van der Waals surface area contributed by atoms with Crippen molar-refractivity contribution in [3.63, 3.8) is 0 Å². The van der Waals surface area contributed by atoms with E-state index in [0.717, 1.165) is 18.8 Å². The van der Waals surface area contributed by atoms with Gasteiger partial charge in [0.15, 0.2) is 0 Å². The molecule has 1 N–H and O–H groups in total. The Hall–Kier alpha value is -0.530. The van der Waals surface area contributed by atoms with E-state index in [4.69, 9.17) is 5.11 Å². The summed E-state index contributed by atoms with van der Waals surface area (Å²) in [6.07, 6.45) is 2.68. The third-order valence-corrected chi connectivity index (χ3v) is 2.03. The third-order valence-electron chi connectivity index (χ3n) is 2.03. The van der Waals surface area contributed by atoms with Crippen molar-refractivity contribution in [2.75, 3.05) is 0 Å². The molecule has 2 nitrogen and oxygen atoms in total. The molecular formula is C7H12O2. The Morgan fingerprint density at radius 2 is 2.33 bits per heavy atom. The molecule has 0 spiro atoms. The Morgan fingerprint density at radius 1 is 1.67 bits per heavy atom. The number of aliphatic carboxylic acids is 1. The van der Waals surface area contributed by atoms with Gasteiger partial charge in [-0.3, -0.25) is 4.79 Å². The molecule has 1 aliphatic carbocycles. The fourth-order valence-corrected chi connectivity index (χ4v) is 1.28. The smallest absolute Gasteiger partial charge is 0.303 e. The molecule has 1 saturated carbocycles. The predicted octanol–water partition coefficient (Wildman–Crippen LogP) is 1.51. The van der Waals surface area contributed by atoms with Crippen molar-refractivity contribution < 1.29 is 9.90 Å². The van der Waals surface area contributed by atoms with Crippen molar-refractivity contribution in [1.29, 1.82) is 0 Å². The van der Waals surface area contributed by atoms with Crippen LogP contribution in [0.2, 0.25) is 0 Å². The summed E-state index contributed by atoms with van der Waals surface area (Å²) in [6, 6.07) is 0. The van der Waals surface area contributed by atoms with Crippen molar-refractivity contribution in [3.05, 3.63) is 0 Å². The van der Waals surface area contributed by atoms with E-state index in [1.54, 1.807) is 0 Å². The van der Waals surface area contributed by atoms with Crippen LogP contribution in [0.15, 0.2) is 0 Å². The van der Waals surface area contributed by atoms with Crippen LogP contribution in [0.3, 0.4) is 0 Å². The van der Waals surface area contributed by atoms with Gasteiger partial charge >= 0.3 is 5.97 Å². The first kappa shape index (κ1) is 6.59. The minimum atomic E-state index is -0.643. The lowest BCUT2D eigenvalue weighted by Crippen LogP contribution is -1.96. The van der Waals surface area contributed by atoms with Gasteiger partial charge in [-0.1, -0.05) is 13.3 Å². The maximum atomic E-state index is 10.1. The largest absolute Gasteiger partial charge is 0.481 e. The van der Waals surface area contributed by atoms with Crippen LogP contribution in [-0.2, 0) is 4.79 Å². The predicted molar refractivity (Wildman–Crippen MR) is 34.1 cm³/mol. The van der Waals surface area contributed by atoms with E-state index in [1.807, 2.05) is 0 Å². The Bertz CT molecular complexity index is 120. The molecule has 0 bridgehead atoms. The van der Waals surface area contributed by atoms with Crippen molar-refractivity contribution in [1.82, 2.24) is 0 Å². The summed E-state index contributed by atoms with van der Waals surface area (Å²) in [5.74, 6) is 0.588. The van der Waals surface area contributed by atoms with Crippen molar-refractivity contribution >= 4 is 5.97 Å². The molecule has 2 atom stereocenters. The van der Waals surface area contributed by atoms with Gasteiger partial charge in [-0.2, -0.15) is 0 Å². The Labute approximate surface area is 54.9 Å². The van der Waals surface area contributed by atoms with E-state index in [2.05, 4.69) is 6.92 Å². The molecule has 0 heterocycles. The average molecular weight is 128 g/mol. The standard InChI is InChI=1S/C7H12O2/c1-2-5-3-6(5)4-7(8)9/h5-6H,2-4H2,1H3,(H,8,9)/t5?,6-/m0/s1. The summed E-state index contributed by atoms with van der Waals surface area (Å²) in [5, 5.41) is 8.34. The Balaban J connectivity index is 2.12. The highest BCUT2D eigenvalue weighted by Gasteiger charge is 2.36. The van der Waals surface area contributed by atoms with Crippen LogP contribution >= 0.6 is 0 Å². The first-order valence-electron chi connectivity index (χ1n) is 3.45. The van der Waals surface area contributed by atoms with E-state index >= 15 is 0 Å². The minimum absolute atomic E-state index is 0.387. The van der Waals surface area contributed by atoms with Gasteiger partial charge in [-0.05, 0) is 18.3 Å². The second kappa shape index (κ2) is 2.38. The summed E-state index contributed by atoms with van der Waals surface area (Å²) >= 11 is 0. The van der Waals surface area contributed by atoms with Gasteiger partial charge in [0.05, 0.1) is 0 Å². The molecule has 0 radical (unpaired) electrons. The van der Waals surface area contributed by atoms with Gasteiger partial charge in [0, 0.05) is 6.42 Å². The topological polar surface area (TPSA) is 37.3 Å². The lowest BCUT2D eigenvalue weighted by molar-refractivity contribution is -0.137. The summed E-state index contributed by atoms with van der Waals surface area (Å²) < 4.78 is 0. The second-order valence-corrected chi connectivity index (χ2v) is 2.76. The van der Waals surface area contributed by atoms with Gasteiger partial charge in [0.2, 0.25) is 0 Å². The molecule has 1 fully saturated rings. The maximum Gasteiger partial charge on any atom is 0.303 e. The Kier molecular flexibility index (Phi) is 1.74. The zero-order valence-electron chi connectivity index (χ0n) is 5.63. The molecule has 0 aliphatic heterocycles. The summed E-state index contributed by atoms with van der Waals surface area (Å²) in [5.41, 5.74) is 0. The van der Waals surface area contributed by atoms with Crippen LogP contribution < -0.4 is 0 Å². The quantitative estimate of drug-likeness (QED) is 0.625. The van der Waals surface area contributed by atoms with Crippen LogP contribution in [0.4, 0.5) is 0 Å². The van der Waals surface area contributed by atoms with Crippen LogP contribution in [-0.4, -0.2) is 11.1 Å². The lowest BCUT2D eigenvalue weighted by atomic mass is 10.2. The van der Waals surface area contributed by atoms with Crippen LogP contribution in [0, 0.1) is 11.8 Å². The van der Waals surface area contributed by atoms with Crippen molar-refractivity contribution in [2.45, 2.75) is 26.2 Å². The molecule has 52 valence electrons. The van der Waals surface area contributed by atoms with Gasteiger partial charge < -0.3 is 5.11 Å². The molecule has 2 heteroatoms. The van der Waals surface area contributed by atoms with Crippen LogP contribution in [0.5, 0.6) is 0 Å². The number of hydrogen-bond acceptors (Lipinski definition) is 1.